The summed E-state index contributed by atoms with van der Waals surface area (Å²) in [7, 11) is 0. The highest BCUT2D eigenvalue weighted by atomic mass is 127. The molecular formula is C12H13IN2S. The third kappa shape index (κ3) is 3.26. The van der Waals surface area contributed by atoms with Crippen molar-refractivity contribution in [2.24, 2.45) is 0 Å². The van der Waals surface area contributed by atoms with Crippen LogP contribution in [0.4, 0.5) is 0 Å². The van der Waals surface area contributed by atoms with Gasteiger partial charge in [-0.2, -0.15) is 0 Å². The molecule has 4 heteroatoms. The van der Waals surface area contributed by atoms with Crippen LogP contribution in [0.25, 0.3) is 0 Å². The minimum atomic E-state index is 0.362. The summed E-state index contributed by atoms with van der Waals surface area (Å²) in [6.07, 6.45) is 1.84. The van der Waals surface area contributed by atoms with E-state index >= 15 is 0 Å². The van der Waals surface area contributed by atoms with Crippen molar-refractivity contribution < 1.29 is 0 Å². The zero-order valence-corrected chi connectivity index (χ0v) is 12.0. The van der Waals surface area contributed by atoms with Crippen molar-refractivity contribution in [1.82, 2.24) is 10.3 Å². The van der Waals surface area contributed by atoms with Gasteiger partial charge in [-0.3, -0.25) is 0 Å². The lowest BCUT2D eigenvalue weighted by Gasteiger charge is -2.13. The van der Waals surface area contributed by atoms with E-state index in [4.69, 9.17) is 0 Å². The van der Waals surface area contributed by atoms with E-state index in [-0.39, 0.29) is 0 Å². The Labute approximate surface area is 113 Å². The molecule has 0 spiro atoms. The lowest BCUT2D eigenvalue weighted by molar-refractivity contribution is 0.573. The van der Waals surface area contributed by atoms with Crippen molar-refractivity contribution in [3.63, 3.8) is 0 Å². The minimum absolute atomic E-state index is 0.362. The van der Waals surface area contributed by atoms with Crippen molar-refractivity contribution in [2.45, 2.75) is 19.5 Å². The Bertz CT molecular complexity index is 425. The van der Waals surface area contributed by atoms with Gasteiger partial charge in [-0.1, -0.05) is 12.1 Å². The minimum Gasteiger partial charge on any atom is -0.304 e. The fourth-order valence-electron chi connectivity index (χ4n) is 1.45. The molecule has 0 amide bonds. The van der Waals surface area contributed by atoms with Gasteiger partial charge in [0.05, 0.1) is 0 Å². The van der Waals surface area contributed by atoms with Gasteiger partial charge >= 0.3 is 0 Å². The van der Waals surface area contributed by atoms with Gasteiger partial charge in [0.25, 0.3) is 0 Å². The van der Waals surface area contributed by atoms with Crippen LogP contribution in [0.5, 0.6) is 0 Å². The van der Waals surface area contributed by atoms with E-state index < -0.39 is 0 Å². The SMILES string of the molecule is CC(NCc1nccs1)c1ccc(I)cc1. The fourth-order valence-corrected chi connectivity index (χ4v) is 2.38. The summed E-state index contributed by atoms with van der Waals surface area (Å²) < 4.78 is 1.27. The molecule has 0 saturated heterocycles. The summed E-state index contributed by atoms with van der Waals surface area (Å²) in [6.45, 7) is 3.01. The third-order valence-electron chi connectivity index (χ3n) is 2.41. The van der Waals surface area contributed by atoms with Gasteiger partial charge in [0.2, 0.25) is 0 Å². The summed E-state index contributed by atoms with van der Waals surface area (Å²) in [6, 6.07) is 8.97. The van der Waals surface area contributed by atoms with Crippen LogP contribution in [0.15, 0.2) is 35.8 Å². The number of hydrogen-bond donors (Lipinski definition) is 1. The number of nitrogens with zero attached hydrogens (tertiary/aromatic N) is 1. The molecule has 1 aromatic carbocycles. The second-order valence-corrected chi connectivity index (χ2v) is 5.80. The van der Waals surface area contributed by atoms with Gasteiger partial charge in [0.1, 0.15) is 5.01 Å². The van der Waals surface area contributed by atoms with E-state index in [1.165, 1.54) is 9.13 Å². The van der Waals surface area contributed by atoms with Gasteiger partial charge in [-0.15, -0.1) is 11.3 Å². The second-order valence-electron chi connectivity index (χ2n) is 3.58. The molecule has 2 rings (SSSR count). The second kappa shape index (κ2) is 5.75. The first-order chi connectivity index (χ1) is 7.75. The Morgan fingerprint density at radius 1 is 1.38 bits per heavy atom. The van der Waals surface area contributed by atoms with E-state index in [0.29, 0.717) is 6.04 Å². The summed E-state index contributed by atoms with van der Waals surface area (Å²) in [4.78, 5) is 4.25. The van der Waals surface area contributed by atoms with Crippen molar-refractivity contribution in [3.05, 3.63) is 50.0 Å². The number of benzene rings is 1. The van der Waals surface area contributed by atoms with E-state index in [1.54, 1.807) is 11.3 Å². The molecule has 0 radical (unpaired) electrons. The van der Waals surface area contributed by atoms with Crippen LogP contribution in [-0.2, 0) is 6.54 Å². The first kappa shape index (κ1) is 12.0. The van der Waals surface area contributed by atoms with Crippen LogP contribution in [0.3, 0.4) is 0 Å². The predicted octanol–water partition coefficient (Wildman–Crippen LogP) is 3.60. The fraction of sp³-hybridized carbons (Fsp3) is 0.250. The van der Waals surface area contributed by atoms with Crippen molar-refractivity contribution in [3.8, 4) is 0 Å². The van der Waals surface area contributed by atoms with Crippen molar-refractivity contribution >= 4 is 33.9 Å². The number of aromatic nitrogens is 1. The molecule has 1 N–H and O–H groups in total. The number of halogens is 1. The topological polar surface area (TPSA) is 24.9 Å². The zero-order valence-electron chi connectivity index (χ0n) is 8.98. The normalized spacial score (nSPS) is 12.6. The average molecular weight is 344 g/mol. The summed E-state index contributed by atoms with van der Waals surface area (Å²) >= 11 is 4.01. The number of rotatable bonds is 4. The highest BCUT2D eigenvalue weighted by Crippen LogP contribution is 2.15. The van der Waals surface area contributed by atoms with Crippen molar-refractivity contribution in [2.75, 3.05) is 0 Å². The summed E-state index contributed by atoms with van der Waals surface area (Å²) in [5.74, 6) is 0. The Morgan fingerprint density at radius 2 is 2.12 bits per heavy atom. The Balaban J connectivity index is 1.93. The standard InChI is InChI=1S/C12H13IN2S/c1-9(10-2-4-11(13)5-3-10)15-8-12-14-6-7-16-12/h2-7,9,15H,8H2,1H3. The molecule has 84 valence electrons. The van der Waals surface area contributed by atoms with Crippen LogP contribution in [0, 0.1) is 3.57 Å². The number of nitrogens with one attached hydrogen (secondary N) is 1. The highest BCUT2D eigenvalue weighted by molar-refractivity contribution is 14.1. The molecule has 1 atom stereocenters. The molecule has 2 aromatic rings. The Hall–Kier alpha value is -0.460. The first-order valence-electron chi connectivity index (χ1n) is 5.13. The van der Waals surface area contributed by atoms with Gasteiger partial charge in [-0.05, 0) is 47.2 Å². The lowest BCUT2D eigenvalue weighted by Crippen LogP contribution is -2.17. The number of thiazole rings is 1. The molecule has 0 aliphatic heterocycles. The molecule has 0 aliphatic rings. The number of hydrogen-bond acceptors (Lipinski definition) is 3. The maximum absolute atomic E-state index is 4.25. The van der Waals surface area contributed by atoms with E-state index in [0.717, 1.165) is 11.6 Å². The molecule has 0 aliphatic carbocycles. The third-order valence-corrected chi connectivity index (χ3v) is 3.91. The maximum atomic E-state index is 4.25. The molecule has 0 fully saturated rings. The molecule has 1 heterocycles. The van der Waals surface area contributed by atoms with Crippen LogP contribution < -0.4 is 5.32 Å². The monoisotopic (exact) mass is 344 g/mol. The van der Waals surface area contributed by atoms with Crippen LogP contribution in [0.2, 0.25) is 0 Å². The van der Waals surface area contributed by atoms with Crippen LogP contribution in [-0.4, -0.2) is 4.98 Å². The van der Waals surface area contributed by atoms with Gasteiger partial charge in [-0.25, -0.2) is 4.98 Å². The van der Waals surface area contributed by atoms with Crippen LogP contribution >= 0.6 is 33.9 Å². The van der Waals surface area contributed by atoms with E-state index in [1.807, 2.05) is 11.6 Å². The molecule has 16 heavy (non-hydrogen) atoms. The van der Waals surface area contributed by atoms with Gasteiger partial charge in [0, 0.05) is 27.7 Å². The molecule has 1 unspecified atom stereocenters. The Morgan fingerprint density at radius 3 is 2.75 bits per heavy atom. The smallest absolute Gasteiger partial charge is 0.106 e. The lowest BCUT2D eigenvalue weighted by atomic mass is 10.1. The average Bonchev–Trinajstić information content (AvgIpc) is 2.80. The quantitative estimate of drug-likeness (QED) is 0.858. The van der Waals surface area contributed by atoms with Gasteiger partial charge in [0.15, 0.2) is 0 Å². The van der Waals surface area contributed by atoms with Gasteiger partial charge < -0.3 is 5.32 Å². The predicted molar refractivity (Wildman–Crippen MR) is 76.5 cm³/mol. The zero-order chi connectivity index (χ0) is 11.4. The largest absolute Gasteiger partial charge is 0.304 e. The van der Waals surface area contributed by atoms with Crippen LogP contribution in [0.1, 0.15) is 23.5 Å². The molecule has 2 nitrogen and oxygen atoms in total. The molecular weight excluding hydrogens is 331 g/mol. The molecule has 1 aromatic heterocycles. The van der Waals surface area contributed by atoms with E-state index in [2.05, 4.69) is 64.1 Å². The molecule has 0 saturated carbocycles. The van der Waals surface area contributed by atoms with E-state index in [9.17, 15) is 0 Å². The molecule has 0 bridgehead atoms. The highest BCUT2D eigenvalue weighted by Gasteiger charge is 2.05. The summed E-state index contributed by atoms with van der Waals surface area (Å²) in [5, 5.41) is 6.61. The Kier molecular flexibility index (Phi) is 4.31. The first-order valence-corrected chi connectivity index (χ1v) is 7.09. The van der Waals surface area contributed by atoms with Crippen molar-refractivity contribution in [1.29, 1.82) is 0 Å². The maximum Gasteiger partial charge on any atom is 0.106 e. The summed E-state index contributed by atoms with van der Waals surface area (Å²) in [5.41, 5.74) is 1.32.